The summed E-state index contributed by atoms with van der Waals surface area (Å²) in [6.07, 6.45) is -3.35. The number of hydrogen-bond donors (Lipinski definition) is 2. The number of nitrogens with one attached hydrogen (secondary N) is 2. The number of rotatable bonds is 3. The van der Waals surface area contributed by atoms with Gasteiger partial charge in [-0.05, 0) is 13.8 Å². The molecule has 0 radical (unpaired) electrons. The molecule has 0 spiro atoms. The zero-order chi connectivity index (χ0) is 16.8. The fourth-order valence-electron chi connectivity index (χ4n) is 2.33. The van der Waals surface area contributed by atoms with Gasteiger partial charge >= 0.3 is 6.18 Å². The Kier molecular flexibility index (Phi) is 3.46. The first-order valence-corrected chi connectivity index (χ1v) is 6.78. The molecule has 0 unspecified atom stereocenters. The largest absolute Gasteiger partial charge is 0.451 e. The summed E-state index contributed by atoms with van der Waals surface area (Å²) >= 11 is 0. The number of aromatic nitrogens is 6. The van der Waals surface area contributed by atoms with Crippen molar-refractivity contribution in [2.45, 2.75) is 26.6 Å². The average molecular weight is 325 g/mol. The number of hydrogen-bond acceptors (Lipinski definition) is 5. The third-order valence-electron chi connectivity index (χ3n) is 3.63. The van der Waals surface area contributed by atoms with Gasteiger partial charge in [0.2, 0.25) is 5.82 Å². The molecule has 0 bridgehead atoms. The standard InChI is InChI=1S/C13H14F3N7/c1-6-8(7(2)23(3)22-6)4-17-10-9-11(19-5-18-9)21-12(20-10)13(14,15)16/h5H,4H2,1-3H3,(H2,17,18,19,20,21). The molecule has 3 aromatic heterocycles. The average Bonchev–Trinajstić information content (AvgIpc) is 3.02. The second-order valence-corrected chi connectivity index (χ2v) is 5.12. The Morgan fingerprint density at radius 2 is 2.00 bits per heavy atom. The maximum atomic E-state index is 12.9. The van der Waals surface area contributed by atoms with Crippen molar-refractivity contribution in [2.24, 2.45) is 7.05 Å². The van der Waals surface area contributed by atoms with Crippen LogP contribution in [0.2, 0.25) is 0 Å². The smallest absolute Gasteiger partial charge is 0.364 e. The molecule has 0 aromatic carbocycles. The minimum absolute atomic E-state index is 0.0329. The summed E-state index contributed by atoms with van der Waals surface area (Å²) in [6, 6.07) is 0. The van der Waals surface area contributed by atoms with Crippen LogP contribution in [0.25, 0.3) is 11.2 Å². The van der Waals surface area contributed by atoms with Crippen molar-refractivity contribution in [3.8, 4) is 0 Å². The third-order valence-corrected chi connectivity index (χ3v) is 3.63. The summed E-state index contributed by atoms with van der Waals surface area (Å²) in [6.45, 7) is 4.04. The van der Waals surface area contributed by atoms with Crippen molar-refractivity contribution in [3.05, 3.63) is 29.1 Å². The lowest BCUT2D eigenvalue weighted by Gasteiger charge is -2.10. The molecular weight excluding hydrogens is 311 g/mol. The van der Waals surface area contributed by atoms with Gasteiger partial charge in [0.25, 0.3) is 0 Å². The second kappa shape index (κ2) is 5.21. The van der Waals surface area contributed by atoms with Gasteiger partial charge < -0.3 is 10.3 Å². The summed E-state index contributed by atoms with van der Waals surface area (Å²) in [7, 11) is 1.81. The number of aromatic amines is 1. The maximum Gasteiger partial charge on any atom is 0.451 e. The second-order valence-electron chi connectivity index (χ2n) is 5.12. The molecule has 0 saturated heterocycles. The fraction of sp³-hybridized carbons (Fsp3) is 0.385. The molecule has 0 fully saturated rings. The number of aryl methyl sites for hydroxylation is 2. The van der Waals surface area contributed by atoms with Gasteiger partial charge in [-0.1, -0.05) is 0 Å². The van der Waals surface area contributed by atoms with Crippen LogP contribution < -0.4 is 5.32 Å². The molecule has 3 aromatic rings. The van der Waals surface area contributed by atoms with Gasteiger partial charge in [-0.2, -0.15) is 18.3 Å². The highest BCUT2D eigenvalue weighted by atomic mass is 19.4. The first-order valence-electron chi connectivity index (χ1n) is 6.78. The van der Waals surface area contributed by atoms with Gasteiger partial charge in [0, 0.05) is 24.8 Å². The van der Waals surface area contributed by atoms with Crippen molar-refractivity contribution in [2.75, 3.05) is 5.32 Å². The van der Waals surface area contributed by atoms with Gasteiger partial charge in [-0.15, -0.1) is 0 Å². The molecule has 7 nitrogen and oxygen atoms in total. The molecule has 3 rings (SSSR count). The highest BCUT2D eigenvalue weighted by Gasteiger charge is 2.36. The minimum atomic E-state index is -4.64. The summed E-state index contributed by atoms with van der Waals surface area (Å²) in [5.41, 5.74) is 2.95. The molecule has 0 saturated carbocycles. The lowest BCUT2D eigenvalue weighted by Crippen LogP contribution is -2.14. The van der Waals surface area contributed by atoms with E-state index in [1.807, 2.05) is 20.9 Å². The zero-order valence-corrected chi connectivity index (χ0v) is 12.7. The molecule has 2 N–H and O–H groups in total. The number of fused-ring (bicyclic) bond motifs is 1. The predicted molar refractivity (Wildman–Crippen MR) is 76.7 cm³/mol. The topological polar surface area (TPSA) is 84.3 Å². The molecule has 3 heterocycles. The lowest BCUT2D eigenvalue weighted by atomic mass is 10.2. The Morgan fingerprint density at radius 3 is 2.61 bits per heavy atom. The number of halogens is 3. The quantitative estimate of drug-likeness (QED) is 0.772. The number of H-pyrrole nitrogens is 1. The first-order chi connectivity index (χ1) is 10.8. The summed E-state index contributed by atoms with van der Waals surface area (Å²) in [5.74, 6) is -1.17. The van der Waals surface area contributed by atoms with Gasteiger partial charge in [-0.25, -0.2) is 15.0 Å². The number of anilines is 1. The van der Waals surface area contributed by atoms with Crippen molar-refractivity contribution < 1.29 is 13.2 Å². The van der Waals surface area contributed by atoms with Crippen LogP contribution in [0.3, 0.4) is 0 Å². The molecule has 23 heavy (non-hydrogen) atoms. The van der Waals surface area contributed by atoms with Crippen LogP contribution in [0.1, 0.15) is 22.8 Å². The summed E-state index contributed by atoms with van der Waals surface area (Å²) in [4.78, 5) is 13.5. The van der Waals surface area contributed by atoms with Gasteiger partial charge in [0.05, 0.1) is 12.0 Å². The zero-order valence-electron chi connectivity index (χ0n) is 12.7. The van der Waals surface area contributed by atoms with Gasteiger partial charge in [0.1, 0.15) is 5.52 Å². The molecule has 0 aliphatic carbocycles. The van der Waals surface area contributed by atoms with Crippen molar-refractivity contribution in [1.82, 2.24) is 29.7 Å². The monoisotopic (exact) mass is 325 g/mol. The molecule has 0 aliphatic heterocycles. The van der Waals surface area contributed by atoms with E-state index in [9.17, 15) is 13.2 Å². The Bertz CT molecular complexity index is 862. The number of alkyl halides is 3. The van der Waals surface area contributed by atoms with Crippen LogP contribution >= 0.6 is 0 Å². The van der Waals surface area contributed by atoms with Crippen molar-refractivity contribution >= 4 is 17.0 Å². The maximum absolute atomic E-state index is 12.9. The highest BCUT2D eigenvalue weighted by molar-refractivity contribution is 5.82. The molecule has 0 atom stereocenters. The Morgan fingerprint density at radius 1 is 1.26 bits per heavy atom. The van der Waals surface area contributed by atoms with Crippen LogP contribution in [0.4, 0.5) is 19.0 Å². The fourth-order valence-corrected chi connectivity index (χ4v) is 2.33. The Balaban J connectivity index is 1.97. The molecule has 122 valence electrons. The Labute approximate surface area is 129 Å². The van der Waals surface area contributed by atoms with E-state index in [1.54, 1.807) is 4.68 Å². The third kappa shape index (κ3) is 2.71. The lowest BCUT2D eigenvalue weighted by molar-refractivity contribution is -0.144. The van der Waals surface area contributed by atoms with E-state index < -0.39 is 12.0 Å². The minimum Gasteiger partial charge on any atom is -0.364 e. The van der Waals surface area contributed by atoms with E-state index in [-0.39, 0.29) is 11.5 Å². The molecule has 10 heteroatoms. The number of imidazole rings is 1. The van der Waals surface area contributed by atoms with Crippen LogP contribution in [0.5, 0.6) is 0 Å². The number of nitrogens with zero attached hydrogens (tertiary/aromatic N) is 5. The first kappa shape index (κ1) is 15.3. The van der Waals surface area contributed by atoms with E-state index >= 15 is 0 Å². The van der Waals surface area contributed by atoms with E-state index in [0.717, 1.165) is 17.0 Å². The van der Waals surface area contributed by atoms with Crippen LogP contribution in [0, 0.1) is 13.8 Å². The van der Waals surface area contributed by atoms with Gasteiger partial charge in [0.15, 0.2) is 11.5 Å². The van der Waals surface area contributed by atoms with E-state index in [4.69, 9.17) is 0 Å². The van der Waals surface area contributed by atoms with Gasteiger partial charge in [-0.3, -0.25) is 4.68 Å². The van der Waals surface area contributed by atoms with Crippen molar-refractivity contribution in [1.29, 1.82) is 0 Å². The van der Waals surface area contributed by atoms with Crippen molar-refractivity contribution in [3.63, 3.8) is 0 Å². The normalized spacial score (nSPS) is 12.1. The molecule has 0 aliphatic rings. The predicted octanol–water partition coefficient (Wildman–Crippen LogP) is 2.33. The van der Waals surface area contributed by atoms with E-state index in [0.29, 0.717) is 12.1 Å². The summed E-state index contributed by atoms with van der Waals surface area (Å²) in [5, 5.41) is 7.20. The van der Waals surface area contributed by atoms with Crippen LogP contribution in [-0.2, 0) is 19.8 Å². The summed E-state index contributed by atoms with van der Waals surface area (Å²) < 4.78 is 40.4. The SMILES string of the molecule is Cc1nn(C)c(C)c1CNc1nc(C(F)(F)F)nc2nc[nH]c12. The Hall–Kier alpha value is -2.65. The van der Waals surface area contributed by atoms with E-state index in [1.165, 1.54) is 6.33 Å². The van der Waals surface area contributed by atoms with E-state index in [2.05, 4.69) is 30.4 Å². The van der Waals surface area contributed by atoms with Crippen LogP contribution in [-0.4, -0.2) is 29.7 Å². The molecular formula is C13H14F3N7. The van der Waals surface area contributed by atoms with Crippen LogP contribution in [0.15, 0.2) is 6.33 Å². The molecule has 0 amide bonds. The highest BCUT2D eigenvalue weighted by Crippen LogP contribution is 2.29.